The Hall–Kier alpha value is -1.72. The van der Waals surface area contributed by atoms with Gasteiger partial charge in [-0.1, -0.05) is 13.0 Å². The van der Waals surface area contributed by atoms with Crippen LogP contribution in [0, 0.1) is 6.92 Å². The topological polar surface area (TPSA) is 53.4 Å². The molecule has 106 valence electrons. The summed E-state index contributed by atoms with van der Waals surface area (Å²) in [5.74, 6) is -0.850. The monoisotopic (exact) mass is 290 g/mol. The fourth-order valence-corrected chi connectivity index (χ4v) is 2.90. The Labute approximate surface area is 122 Å². The van der Waals surface area contributed by atoms with Gasteiger partial charge in [-0.25, -0.2) is 4.79 Å². The molecular formula is C15H18N2O2S. The maximum Gasteiger partial charge on any atom is 0.345 e. The van der Waals surface area contributed by atoms with Crippen molar-refractivity contribution in [2.24, 2.45) is 0 Å². The quantitative estimate of drug-likeness (QED) is 0.888. The molecule has 0 unspecified atom stereocenters. The van der Waals surface area contributed by atoms with Gasteiger partial charge in [-0.05, 0) is 37.2 Å². The lowest BCUT2D eigenvalue weighted by atomic mass is 10.2. The first-order valence-corrected chi connectivity index (χ1v) is 7.36. The van der Waals surface area contributed by atoms with E-state index in [4.69, 9.17) is 5.11 Å². The van der Waals surface area contributed by atoms with Gasteiger partial charge in [0.2, 0.25) is 0 Å². The minimum absolute atomic E-state index is 0.409. The second-order valence-corrected chi connectivity index (χ2v) is 5.88. The molecule has 20 heavy (non-hydrogen) atoms. The highest BCUT2D eigenvalue weighted by Crippen LogP contribution is 2.23. The Morgan fingerprint density at radius 3 is 2.75 bits per heavy atom. The molecule has 2 aromatic heterocycles. The van der Waals surface area contributed by atoms with Crippen molar-refractivity contribution in [1.29, 1.82) is 0 Å². The molecule has 0 aromatic carbocycles. The third kappa shape index (κ3) is 3.65. The molecule has 5 heteroatoms. The van der Waals surface area contributed by atoms with E-state index < -0.39 is 5.97 Å². The number of thiophene rings is 1. The van der Waals surface area contributed by atoms with Crippen LogP contribution in [0.2, 0.25) is 0 Å². The number of pyridine rings is 1. The summed E-state index contributed by atoms with van der Waals surface area (Å²) in [6.07, 6.45) is 1.79. The summed E-state index contributed by atoms with van der Waals surface area (Å²) in [4.78, 5) is 19.1. The van der Waals surface area contributed by atoms with E-state index in [0.29, 0.717) is 4.88 Å². The first kappa shape index (κ1) is 14.7. The molecule has 2 heterocycles. The lowest BCUT2D eigenvalue weighted by Gasteiger charge is -2.19. The van der Waals surface area contributed by atoms with Crippen molar-refractivity contribution in [1.82, 2.24) is 9.88 Å². The lowest BCUT2D eigenvalue weighted by Crippen LogP contribution is -2.22. The van der Waals surface area contributed by atoms with Gasteiger partial charge in [0.25, 0.3) is 0 Å². The third-order valence-corrected chi connectivity index (χ3v) is 4.27. The van der Waals surface area contributed by atoms with Crippen LogP contribution in [0.15, 0.2) is 30.5 Å². The average Bonchev–Trinajstić information content (AvgIpc) is 2.81. The van der Waals surface area contributed by atoms with Crippen LogP contribution in [0.4, 0.5) is 0 Å². The molecule has 0 radical (unpaired) electrons. The van der Waals surface area contributed by atoms with Gasteiger partial charge >= 0.3 is 5.97 Å². The fourth-order valence-electron chi connectivity index (χ4n) is 2.02. The summed E-state index contributed by atoms with van der Waals surface area (Å²) in [5, 5.41) is 9.04. The second-order valence-electron chi connectivity index (χ2n) is 4.62. The zero-order valence-electron chi connectivity index (χ0n) is 11.7. The van der Waals surface area contributed by atoms with Gasteiger partial charge in [-0.2, -0.15) is 0 Å². The predicted molar refractivity (Wildman–Crippen MR) is 80.0 cm³/mol. The Morgan fingerprint density at radius 2 is 2.20 bits per heavy atom. The molecule has 0 aliphatic rings. The molecule has 0 bridgehead atoms. The number of aryl methyl sites for hydroxylation is 1. The number of carboxylic acid groups (broad SMARTS) is 1. The molecular weight excluding hydrogens is 272 g/mol. The maximum atomic E-state index is 11.0. The molecule has 2 rings (SSSR count). The van der Waals surface area contributed by atoms with E-state index >= 15 is 0 Å². The van der Waals surface area contributed by atoms with Crippen LogP contribution in [-0.2, 0) is 13.1 Å². The van der Waals surface area contributed by atoms with Gasteiger partial charge in [0.15, 0.2) is 0 Å². The van der Waals surface area contributed by atoms with Crippen molar-refractivity contribution in [3.05, 3.63) is 51.5 Å². The van der Waals surface area contributed by atoms with Crippen molar-refractivity contribution < 1.29 is 9.90 Å². The van der Waals surface area contributed by atoms with Crippen LogP contribution >= 0.6 is 11.3 Å². The normalized spacial score (nSPS) is 10.9. The van der Waals surface area contributed by atoms with Crippen LogP contribution in [0.25, 0.3) is 0 Å². The van der Waals surface area contributed by atoms with E-state index in [1.807, 2.05) is 25.1 Å². The number of rotatable bonds is 6. The Balaban J connectivity index is 2.08. The van der Waals surface area contributed by atoms with E-state index in [9.17, 15) is 4.79 Å². The standard InChI is InChI=1S/C15H18N2O2S/c1-3-17(10-13-6-4-5-7-16-13)9-12-8-14(15(18)19)20-11(12)2/h4-8H,3,9-10H2,1-2H3,(H,18,19). The van der Waals surface area contributed by atoms with Crippen LogP contribution in [0.1, 0.15) is 32.7 Å². The molecule has 0 spiro atoms. The maximum absolute atomic E-state index is 11.0. The summed E-state index contributed by atoms with van der Waals surface area (Å²) < 4.78 is 0. The second kappa shape index (κ2) is 6.63. The molecule has 4 nitrogen and oxygen atoms in total. The summed E-state index contributed by atoms with van der Waals surface area (Å²) >= 11 is 1.34. The molecule has 0 fully saturated rings. The Bertz CT molecular complexity index is 581. The summed E-state index contributed by atoms with van der Waals surface area (Å²) in [6.45, 7) is 6.50. The largest absolute Gasteiger partial charge is 0.477 e. The van der Waals surface area contributed by atoms with Gasteiger partial charge in [-0.3, -0.25) is 9.88 Å². The predicted octanol–water partition coefficient (Wildman–Crippen LogP) is 3.17. The number of carbonyl (C=O) groups is 1. The van der Waals surface area contributed by atoms with Crippen LogP contribution in [0.5, 0.6) is 0 Å². The highest BCUT2D eigenvalue weighted by Gasteiger charge is 2.13. The fraction of sp³-hybridized carbons (Fsp3) is 0.333. The zero-order chi connectivity index (χ0) is 14.5. The molecule has 0 amide bonds. The molecule has 0 aliphatic carbocycles. The number of aromatic carboxylic acids is 1. The SMILES string of the molecule is CCN(Cc1ccccn1)Cc1cc(C(=O)O)sc1C. The molecule has 0 aliphatic heterocycles. The van der Waals surface area contributed by atoms with E-state index in [1.165, 1.54) is 11.3 Å². The third-order valence-electron chi connectivity index (χ3n) is 3.18. The van der Waals surface area contributed by atoms with Crippen molar-refractivity contribution in [2.75, 3.05) is 6.54 Å². The highest BCUT2D eigenvalue weighted by molar-refractivity contribution is 7.14. The van der Waals surface area contributed by atoms with Crippen molar-refractivity contribution >= 4 is 17.3 Å². The summed E-state index contributed by atoms with van der Waals surface area (Å²) in [7, 11) is 0. The van der Waals surface area contributed by atoms with Crippen LogP contribution < -0.4 is 0 Å². The number of carboxylic acids is 1. The van der Waals surface area contributed by atoms with Gasteiger partial charge in [0.1, 0.15) is 4.88 Å². The van der Waals surface area contributed by atoms with Gasteiger partial charge in [-0.15, -0.1) is 11.3 Å². The molecule has 0 atom stereocenters. The van der Waals surface area contributed by atoms with Crippen LogP contribution in [0.3, 0.4) is 0 Å². The van der Waals surface area contributed by atoms with Gasteiger partial charge < -0.3 is 5.11 Å². The first-order valence-electron chi connectivity index (χ1n) is 6.55. The summed E-state index contributed by atoms with van der Waals surface area (Å²) in [6, 6.07) is 7.67. The van der Waals surface area contributed by atoms with Crippen molar-refractivity contribution in [3.8, 4) is 0 Å². The van der Waals surface area contributed by atoms with Crippen LogP contribution in [-0.4, -0.2) is 27.5 Å². The Kier molecular flexibility index (Phi) is 4.87. The first-order chi connectivity index (χ1) is 9.60. The Morgan fingerprint density at radius 1 is 1.40 bits per heavy atom. The van der Waals surface area contributed by atoms with Crippen molar-refractivity contribution in [2.45, 2.75) is 26.9 Å². The minimum Gasteiger partial charge on any atom is -0.477 e. The zero-order valence-corrected chi connectivity index (χ0v) is 12.5. The highest BCUT2D eigenvalue weighted by atomic mass is 32.1. The number of hydrogen-bond acceptors (Lipinski definition) is 4. The average molecular weight is 290 g/mol. The molecule has 2 aromatic rings. The van der Waals surface area contributed by atoms with E-state index in [2.05, 4.69) is 16.8 Å². The number of hydrogen-bond donors (Lipinski definition) is 1. The minimum atomic E-state index is -0.850. The molecule has 0 saturated heterocycles. The van der Waals surface area contributed by atoms with Gasteiger partial charge in [0, 0.05) is 24.2 Å². The number of aromatic nitrogens is 1. The van der Waals surface area contributed by atoms with Gasteiger partial charge in [0.05, 0.1) is 5.69 Å². The molecule has 1 N–H and O–H groups in total. The van der Waals surface area contributed by atoms with E-state index in [-0.39, 0.29) is 0 Å². The molecule has 0 saturated carbocycles. The van der Waals surface area contributed by atoms with E-state index in [1.54, 1.807) is 12.3 Å². The van der Waals surface area contributed by atoms with Crippen molar-refractivity contribution in [3.63, 3.8) is 0 Å². The smallest absolute Gasteiger partial charge is 0.345 e. The number of nitrogens with zero attached hydrogens (tertiary/aromatic N) is 2. The summed E-state index contributed by atoms with van der Waals surface area (Å²) in [5.41, 5.74) is 2.12. The lowest BCUT2D eigenvalue weighted by molar-refractivity contribution is 0.0702. The van der Waals surface area contributed by atoms with E-state index in [0.717, 1.165) is 35.8 Å².